The fourth-order valence-electron chi connectivity index (χ4n) is 8.05. The third-order valence-electron chi connectivity index (χ3n) is 10.5. The van der Waals surface area contributed by atoms with Crippen molar-refractivity contribution < 1.29 is 0 Å². The highest BCUT2D eigenvalue weighted by Gasteiger charge is 2.44. The van der Waals surface area contributed by atoms with Crippen molar-refractivity contribution in [3.8, 4) is 67.5 Å². The Morgan fingerprint density at radius 3 is 1.58 bits per heavy atom. The minimum atomic E-state index is -0.123. The maximum atomic E-state index is 4.98. The Kier molecular flexibility index (Phi) is 6.20. The molecule has 3 heteroatoms. The summed E-state index contributed by atoms with van der Waals surface area (Å²) >= 11 is 0. The molecule has 0 unspecified atom stereocenters. The SMILES string of the molecule is CC1(C)c2cc(-c3cccc(-c4nc(-c5ccccc5)nc(-c5ccccc5)n4)c3)ccc2-c2c1ccc1c2C(C)(C)c2ccccc2-1. The predicted molar refractivity (Wildman–Crippen MR) is 197 cm³/mol. The lowest BCUT2D eigenvalue weighted by Gasteiger charge is -2.26. The summed E-state index contributed by atoms with van der Waals surface area (Å²) in [6, 6.07) is 49.6. The molecular weight excluding hydrogens is 583 g/mol. The zero-order valence-corrected chi connectivity index (χ0v) is 27.6. The van der Waals surface area contributed by atoms with E-state index in [-0.39, 0.29) is 10.8 Å². The molecule has 1 aromatic heterocycles. The molecule has 0 spiro atoms. The molecule has 7 aromatic rings. The summed E-state index contributed by atoms with van der Waals surface area (Å²) in [5.41, 5.74) is 16.2. The van der Waals surface area contributed by atoms with E-state index in [2.05, 4.69) is 107 Å². The Morgan fingerprint density at radius 2 is 0.896 bits per heavy atom. The fourth-order valence-corrected chi connectivity index (χ4v) is 8.05. The summed E-state index contributed by atoms with van der Waals surface area (Å²) in [5, 5.41) is 0. The number of nitrogens with zero attached hydrogens (tertiary/aromatic N) is 3. The molecule has 0 aliphatic heterocycles. The quantitative estimate of drug-likeness (QED) is 0.197. The fraction of sp³-hybridized carbons (Fsp3) is 0.133. The van der Waals surface area contributed by atoms with Crippen LogP contribution in [0.4, 0.5) is 0 Å². The van der Waals surface area contributed by atoms with Crippen molar-refractivity contribution in [2.24, 2.45) is 0 Å². The topological polar surface area (TPSA) is 38.7 Å². The van der Waals surface area contributed by atoms with Crippen molar-refractivity contribution in [1.82, 2.24) is 15.0 Å². The zero-order valence-electron chi connectivity index (χ0n) is 27.6. The van der Waals surface area contributed by atoms with Crippen LogP contribution in [0.1, 0.15) is 49.9 Å². The zero-order chi connectivity index (χ0) is 32.6. The van der Waals surface area contributed by atoms with E-state index >= 15 is 0 Å². The molecular formula is C45H35N3. The normalized spacial score (nSPS) is 14.6. The third kappa shape index (κ3) is 4.24. The van der Waals surface area contributed by atoms with Gasteiger partial charge in [-0.25, -0.2) is 15.0 Å². The second kappa shape index (κ2) is 10.4. The van der Waals surface area contributed by atoms with E-state index in [1.165, 1.54) is 50.1 Å². The van der Waals surface area contributed by atoms with Crippen LogP contribution in [0, 0.1) is 0 Å². The van der Waals surface area contributed by atoms with Gasteiger partial charge in [0.25, 0.3) is 0 Å². The van der Waals surface area contributed by atoms with Crippen LogP contribution in [0.25, 0.3) is 67.5 Å². The molecule has 0 amide bonds. The van der Waals surface area contributed by atoms with Crippen LogP contribution in [0.5, 0.6) is 0 Å². The van der Waals surface area contributed by atoms with Crippen molar-refractivity contribution in [3.63, 3.8) is 0 Å². The standard InChI is InChI=1S/C45H35N3/c1-44(2)37-25-24-34-33-20-11-12-21-36(33)45(3,4)40(34)39(37)35-23-22-31(27-38(35)44)30-18-13-19-32(26-30)43-47-41(28-14-7-5-8-15-28)46-42(48-43)29-16-9-6-10-17-29/h5-27H,1-4H3. The van der Waals surface area contributed by atoms with Gasteiger partial charge in [0, 0.05) is 27.5 Å². The summed E-state index contributed by atoms with van der Waals surface area (Å²) in [7, 11) is 0. The Balaban J connectivity index is 1.16. The average Bonchev–Trinajstić information content (AvgIpc) is 3.51. The lowest BCUT2D eigenvalue weighted by molar-refractivity contribution is 0.647. The minimum Gasteiger partial charge on any atom is -0.208 e. The maximum Gasteiger partial charge on any atom is 0.164 e. The number of aromatic nitrogens is 3. The molecule has 2 aliphatic carbocycles. The Bertz CT molecular complexity index is 2330. The summed E-state index contributed by atoms with van der Waals surface area (Å²) in [5.74, 6) is 2.00. The first kappa shape index (κ1) is 28.5. The average molecular weight is 618 g/mol. The van der Waals surface area contributed by atoms with Gasteiger partial charge in [-0.1, -0.05) is 155 Å². The van der Waals surface area contributed by atoms with E-state index in [0.29, 0.717) is 17.5 Å². The predicted octanol–water partition coefficient (Wildman–Crippen LogP) is 11.2. The number of rotatable bonds is 4. The summed E-state index contributed by atoms with van der Waals surface area (Å²) < 4.78 is 0. The number of benzene rings is 6. The van der Waals surface area contributed by atoms with E-state index < -0.39 is 0 Å². The molecule has 6 aromatic carbocycles. The largest absolute Gasteiger partial charge is 0.208 e. The minimum absolute atomic E-state index is 0.0658. The lowest BCUT2D eigenvalue weighted by Crippen LogP contribution is -2.18. The van der Waals surface area contributed by atoms with Crippen LogP contribution in [-0.4, -0.2) is 15.0 Å². The molecule has 9 rings (SSSR count). The van der Waals surface area contributed by atoms with Crippen LogP contribution < -0.4 is 0 Å². The highest BCUT2D eigenvalue weighted by atomic mass is 15.0. The van der Waals surface area contributed by atoms with Gasteiger partial charge in [0.15, 0.2) is 17.5 Å². The second-order valence-electron chi connectivity index (χ2n) is 14.1. The highest BCUT2D eigenvalue weighted by Crippen LogP contribution is 2.59. The summed E-state index contributed by atoms with van der Waals surface area (Å²) in [6.45, 7) is 9.52. The third-order valence-corrected chi connectivity index (χ3v) is 10.5. The van der Waals surface area contributed by atoms with Gasteiger partial charge < -0.3 is 0 Å². The first-order chi connectivity index (χ1) is 23.3. The molecule has 0 N–H and O–H groups in total. The van der Waals surface area contributed by atoms with Crippen molar-refractivity contribution in [1.29, 1.82) is 0 Å². The Morgan fingerprint density at radius 1 is 0.354 bits per heavy atom. The Labute approximate surface area is 282 Å². The van der Waals surface area contributed by atoms with Gasteiger partial charge >= 0.3 is 0 Å². The van der Waals surface area contributed by atoms with Gasteiger partial charge in [0.2, 0.25) is 0 Å². The van der Waals surface area contributed by atoms with E-state index in [4.69, 9.17) is 15.0 Å². The van der Waals surface area contributed by atoms with Crippen molar-refractivity contribution in [2.45, 2.75) is 38.5 Å². The van der Waals surface area contributed by atoms with Gasteiger partial charge in [-0.2, -0.15) is 0 Å². The first-order valence-electron chi connectivity index (χ1n) is 16.7. The first-order valence-corrected chi connectivity index (χ1v) is 16.7. The molecule has 1 heterocycles. The van der Waals surface area contributed by atoms with Crippen molar-refractivity contribution in [2.75, 3.05) is 0 Å². The molecule has 3 nitrogen and oxygen atoms in total. The summed E-state index contributed by atoms with van der Waals surface area (Å²) in [6.07, 6.45) is 0. The smallest absolute Gasteiger partial charge is 0.164 e. The van der Waals surface area contributed by atoms with Crippen LogP contribution >= 0.6 is 0 Å². The van der Waals surface area contributed by atoms with E-state index in [1.54, 1.807) is 0 Å². The van der Waals surface area contributed by atoms with Crippen LogP contribution in [0.3, 0.4) is 0 Å². The van der Waals surface area contributed by atoms with E-state index in [9.17, 15) is 0 Å². The Hall–Kier alpha value is -5.67. The molecule has 2 aliphatic rings. The maximum absolute atomic E-state index is 4.98. The highest BCUT2D eigenvalue weighted by molar-refractivity contribution is 5.94. The molecule has 48 heavy (non-hydrogen) atoms. The van der Waals surface area contributed by atoms with E-state index in [1.807, 2.05) is 60.7 Å². The van der Waals surface area contributed by atoms with Gasteiger partial charge in [0.05, 0.1) is 0 Å². The van der Waals surface area contributed by atoms with Crippen molar-refractivity contribution in [3.05, 3.63) is 162 Å². The van der Waals surface area contributed by atoms with Gasteiger partial charge in [-0.3, -0.25) is 0 Å². The molecule has 0 radical (unpaired) electrons. The molecule has 0 saturated heterocycles. The number of fused-ring (bicyclic) bond motifs is 7. The molecule has 0 bridgehead atoms. The lowest BCUT2D eigenvalue weighted by atomic mass is 9.77. The second-order valence-corrected chi connectivity index (χ2v) is 14.1. The molecule has 0 saturated carbocycles. The molecule has 0 fully saturated rings. The van der Waals surface area contributed by atoms with Gasteiger partial charge in [-0.15, -0.1) is 0 Å². The molecule has 230 valence electrons. The molecule has 0 atom stereocenters. The van der Waals surface area contributed by atoms with Crippen LogP contribution in [0.2, 0.25) is 0 Å². The summed E-state index contributed by atoms with van der Waals surface area (Å²) in [4.78, 5) is 14.8. The number of hydrogen-bond donors (Lipinski definition) is 0. The monoisotopic (exact) mass is 617 g/mol. The van der Waals surface area contributed by atoms with Gasteiger partial charge in [0.1, 0.15) is 0 Å². The van der Waals surface area contributed by atoms with E-state index in [0.717, 1.165) is 22.3 Å². The number of hydrogen-bond acceptors (Lipinski definition) is 3. The van der Waals surface area contributed by atoms with Gasteiger partial charge in [-0.05, 0) is 67.8 Å². The van der Waals surface area contributed by atoms with Crippen LogP contribution in [0.15, 0.2) is 140 Å². The van der Waals surface area contributed by atoms with Crippen molar-refractivity contribution >= 4 is 0 Å². The van der Waals surface area contributed by atoms with Crippen LogP contribution in [-0.2, 0) is 10.8 Å².